The minimum Gasteiger partial charge on any atom is -0.480 e. The largest absolute Gasteiger partial charge is 0.480 e. The van der Waals surface area contributed by atoms with Gasteiger partial charge < -0.3 is 16.6 Å². The highest BCUT2D eigenvalue weighted by molar-refractivity contribution is 5.85. The Morgan fingerprint density at radius 1 is 1.53 bits per heavy atom. The van der Waals surface area contributed by atoms with Crippen LogP contribution >= 0.6 is 24.8 Å². The summed E-state index contributed by atoms with van der Waals surface area (Å²) < 4.78 is 13.2. The van der Waals surface area contributed by atoms with Gasteiger partial charge in [-0.2, -0.15) is 0 Å². The molecule has 8 heteroatoms. The van der Waals surface area contributed by atoms with Crippen LogP contribution in [0, 0.1) is 0 Å². The molecule has 0 unspecified atom stereocenters. The Labute approximate surface area is 112 Å². The fourth-order valence-corrected chi connectivity index (χ4v) is 0.746. The number of carboxylic acid groups (broad SMARTS) is 1. The van der Waals surface area contributed by atoms with Crippen molar-refractivity contribution in [2.45, 2.75) is 25.8 Å². The average molecular weight is 290 g/mol. The summed E-state index contributed by atoms with van der Waals surface area (Å²) in [7, 11) is 0. The summed E-state index contributed by atoms with van der Waals surface area (Å²) >= 11 is 0. The molecule has 0 fully saturated rings. The number of nitrogens with two attached hydrogens (primary N) is 2. The normalized spacial score (nSPS) is 15.3. The van der Waals surface area contributed by atoms with Crippen LogP contribution in [-0.4, -0.2) is 29.0 Å². The third-order valence-electron chi connectivity index (χ3n) is 1.75. The van der Waals surface area contributed by atoms with Crippen LogP contribution in [0.25, 0.3) is 0 Å². The standard InChI is InChI=1S/C9H16FN3O2.2ClH/c1-6(11)13-5-3-4-7(10)9(2,12)8(14)15;;/h4H,3,5,12H2,1-2H3,(H2,11,13)(H,14,15);2*1H/b7-4+;;/t9-;;/m1../s1. The van der Waals surface area contributed by atoms with E-state index in [0.29, 0.717) is 12.4 Å². The van der Waals surface area contributed by atoms with E-state index in [1.54, 1.807) is 6.92 Å². The Bertz CT molecular complexity index is 303. The fourth-order valence-electron chi connectivity index (χ4n) is 0.746. The molecule has 1 atom stereocenters. The lowest BCUT2D eigenvalue weighted by molar-refractivity contribution is -0.141. The van der Waals surface area contributed by atoms with Gasteiger partial charge in [-0.1, -0.05) is 0 Å². The zero-order valence-corrected chi connectivity index (χ0v) is 11.3. The second kappa shape index (κ2) is 9.21. The molecule has 0 radical (unpaired) electrons. The molecule has 17 heavy (non-hydrogen) atoms. The molecule has 0 heterocycles. The number of nitrogens with zero attached hydrogens (tertiary/aromatic N) is 1. The summed E-state index contributed by atoms with van der Waals surface area (Å²) in [6.45, 7) is 3.02. The predicted molar refractivity (Wildman–Crippen MR) is 70.7 cm³/mol. The molecule has 0 amide bonds. The van der Waals surface area contributed by atoms with Crippen molar-refractivity contribution in [3.8, 4) is 0 Å². The lowest BCUT2D eigenvalue weighted by Crippen LogP contribution is -2.45. The van der Waals surface area contributed by atoms with Gasteiger partial charge in [-0.3, -0.25) is 4.99 Å². The van der Waals surface area contributed by atoms with Crippen LogP contribution < -0.4 is 11.5 Å². The first-order valence-electron chi connectivity index (χ1n) is 4.43. The highest BCUT2D eigenvalue weighted by atomic mass is 35.5. The topological polar surface area (TPSA) is 102 Å². The SMILES string of the molecule is CC(N)=NCC/C=C(/F)[C@@](C)(N)C(=O)O.Cl.Cl. The quantitative estimate of drug-likeness (QED) is 0.403. The molecule has 102 valence electrons. The van der Waals surface area contributed by atoms with Crippen LogP contribution in [0.1, 0.15) is 20.3 Å². The average Bonchev–Trinajstić information content (AvgIpc) is 2.11. The maximum atomic E-state index is 13.2. The van der Waals surface area contributed by atoms with E-state index in [9.17, 15) is 9.18 Å². The fraction of sp³-hybridized carbons (Fsp3) is 0.556. The Kier molecular flexibility index (Phi) is 11.6. The zero-order valence-electron chi connectivity index (χ0n) is 9.64. The number of rotatable bonds is 5. The molecule has 0 aliphatic heterocycles. The summed E-state index contributed by atoms with van der Waals surface area (Å²) in [5.74, 6) is -1.88. The van der Waals surface area contributed by atoms with E-state index in [4.69, 9.17) is 16.6 Å². The maximum Gasteiger partial charge on any atom is 0.330 e. The number of amidine groups is 1. The lowest BCUT2D eigenvalue weighted by Gasteiger charge is -2.16. The smallest absolute Gasteiger partial charge is 0.330 e. The van der Waals surface area contributed by atoms with Gasteiger partial charge in [0.05, 0.1) is 5.84 Å². The van der Waals surface area contributed by atoms with Crippen molar-refractivity contribution >= 4 is 36.6 Å². The Hall–Kier alpha value is -0.850. The number of carboxylic acids is 1. The summed E-state index contributed by atoms with van der Waals surface area (Å²) in [5.41, 5.74) is 8.53. The van der Waals surface area contributed by atoms with Gasteiger partial charge in [0.1, 0.15) is 5.83 Å². The molecule has 0 saturated carbocycles. The molecule has 0 bridgehead atoms. The van der Waals surface area contributed by atoms with Crippen molar-refractivity contribution in [2.75, 3.05) is 6.54 Å². The second-order valence-corrected chi connectivity index (χ2v) is 3.37. The molecular weight excluding hydrogens is 272 g/mol. The van der Waals surface area contributed by atoms with Crippen molar-refractivity contribution in [1.29, 1.82) is 0 Å². The maximum absolute atomic E-state index is 13.2. The van der Waals surface area contributed by atoms with Gasteiger partial charge in [0.2, 0.25) is 0 Å². The Morgan fingerprint density at radius 3 is 2.35 bits per heavy atom. The van der Waals surface area contributed by atoms with Crippen molar-refractivity contribution in [3.63, 3.8) is 0 Å². The van der Waals surface area contributed by atoms with E-state index in [1.807, 2.05) is 0 Å². The minimum absolute atomic E-state index is 0. The highest BCUT2D eigenvalue weighted by Crippen LogP contribution is 2.15. The zero-order chi connectivity index (χ0) is 12.1. The van der Waals surface area contributed by atoms with E-state index in [-0.39, 0.29) is 31.2 Å². The molecule has 0 aromatic carbocycles. The minimum atomic E-state index is -1.97. The van der Waals surface area contributed by atoms with Crippen LogP contribution in [0.2, 0.25) is 0 Å². The molecule has 0 aliphatic carbocycles. The van der Waals surface area contributed by atoms with Crippen molar-refractivity contribution in [1.82, 2.24) is 0 Å². The van der Waals surface area contributed by atoms with Gasteiger partial charge in [0.15, 0.2) is 5.54 Å². The van der Waals surface area contributed by atoms with Gasteiger partial charge in [-0.25, -0.2) is 9.18 Å². The second-order valence-electron chi connectivity index (χ2n) is 3.37. The van der Waals surface area contributed by atoms with E-state index >= 15 is 0 Å². The third-order valence-corrected chi connectivity index (χ3v) is 1.75. The molecule has 0 saturated heterocycles. The van der Waals surface area contributed by atoms with Crippen LogP contribution in [0.5, 0.6) is 0 Å². The van der Waals surface area contributed by atoms with Crippen LogP contribution in [0.4, 0.5) is 4.39 Å². The first kappa shape index (κ1) is 21.4. The van der Waals surface area contributed by atoms with Crippen LogP contribution in [0.3, 0.4) is 0 Å². The third kappa shape index (κ3) is 7.95. The van der Waals surface area contributed by atoms with Crippen LogP contribution in [0.15, 0.2) is 16.9 Å². The summed E-state index contributed by atoms with van der Waals surface area (Å²) in [6, 6.07) is 0. The van der Waals surface area contributed by atoms with E-state index in [0.717, 1.165) is 13.0 Å². The van der Waals surface area contributed by atoms with E-state index < -0.39 is 17.3 Å². The number of aliphatic carboxylic acids is 1. The van der Waals surface area contributed by atoms with Gasteiger partial charge in [0.25, 0.3) is 0 Å². The highest BCUT2D eigenvalue weighted by Gasteiger charge is 2.33. The molecule has 0 aromatic rings. The van der Waals surface area contributed by atoms with Gasteiger partial charge in [0, 0.05) is 6.54 Å². The van der Waals surface area contributed by atoms with Gasteiger partial charge >= 0.3 is 5.97 Å². The first-order chi connectivity index (χ1) is 6.78. The summed E-state index contributed by atoms with van der Waals surface area (Å²) in [5, 5.41) is 8.60. The summed E-state index contributed by atoms with van der Waals surface area (Å²) in [6.07, 6.45) is 1.38. The monoisotopic (exact) mass is 289 g/mol. The molecule has 5 nitrogen and oxygen atoms in total. The number of halogens is 3. The van der Waals surface area contributed by atoms with Gasteiger partial charge in [-0.15, -0.1) is 24.8 Å². The number of hydrogen-bond donors (Lipinski definition) is 3. The van der Waals surface area contributed by atoms with E-state index in [2.05, 4.69) is 4.99 Å². The number of hydrogen-bond acceptors (Lipinski definition) is 3. The molecule has 5 N–H and O–H groups in total. The Balaban J connectivity index is -0.000000980. The summed E-state index contributed by atoms with van der Waals surface area (Å²) in [4.78, 5) is 14.4. The Morgan fingerprint density at radius 2 is 2.00 bits per heavy atom. The number of carbonyl (C=O) groups is 1. The molecule has 0 aromatic heterocycles. The number of aliphatic imine (C=N–C) groups is 1. The molecular formula is C9H18Cl2FN3O2. The van der Waals surface area contributed by atoms with Crippen molar-refractivity contribution in [3.05, 3.63) is 11.9 Å². The van der Waals surface area contributed by atoms with Crippen molar-refractivity contribution < 1.29 is 14.3 Å². The van der Waals surface area contributed by atoms with Crippen molar-refractivity contribution in [2.24, 2.45) is 16.5 Å². The predicted octanol–water partition coefficient (Wildman–Crippen LogP) is 1.25. The molecule has 0 aliphatic rings. The van der Waals surface area contributed by atoms with Gasteiger partial charge in [-0.05, 0) is 26.3 Å². The lowest BCUT2D eigenvalue weighted by atomic mass is 10.0. The van der Waals surface area contributed by atoms with E-state index in [1.165, 1.54) is 0 Å². The van der Waals surface area contributed by atoms with Crippen LogP contribution in [-0.2, 0) is 4.79 Å². The first-order valence-corrected chi connectivity index (χ1v) is 4.43. The molecule has 0 rings (SSSR count). The molecule has 0 spiro atoms.